The number of amides is 3. The minimum Gasteiger partial charge on any atom is -0.491 e. The lowest BCUT2D eigenvalue weighted by Crippen LogP contribution is -2.59. The number of halogens is 2. The summed E-state index contributed by atoms with van der Waals surface area (Å²) < 4.78 is 32.0. The summed E-state index contributed by atoms with van der Waals surface area (Å²) >= 11 is 7.65. The number of nitrogens with one attached hydrogen (secondary N) is 2. The van der Waals surface area contributed by atoms with E-state index in [1.165, 1.54) is 16.2 Å². The van der Waals surface area contributed by atoms with Crippen LogP contribution in [-0.2, 0) is 25.7 Å². The van der Waals surface area contributed by atoms with E-state index in [2.05, 4.69) is 15.6 Å². The number of β-amino-alcohol motifs (C(OH)–C–C–N with tert-alkyl or cyclic N) is 1. The molecule has 0 bridgehead atoms. The standard InChI is InChI=1S/C36H45ClFN5O7S/c1-21-30(51-20-41-21)22-5-6-23(28(15-22)49-13-11-48-12-14-50-29-16-24(39)7-8-26(29)37)18-40-32(45)27-17-25(44)19-43(27)33(46)31(35(2,3)4)42-34(47)36(38)9-10-36/h5-8,15-16,20,25,27,31,44H,9-14,17-19,39H2,1-4H3,(H,40,45)(H,42,47)/t25-,27+,31-/m1/s1. The van der Waals surface area contributed by atoms with Crippen molar-refractivity contribution >= 4 is 46.3 Å². The summed E-state index contributed by atoms with van der Waals surface area (Å²) in [5, 5.41) is 16.5. The molecule has 1 aromatic heterocycles. The van der Waals surface area contributed by atoms with Gasteiger partial charge in [0.2, 0.25) is 11.8 Å². The van der Waals surface area contributed by atoms with Crippen LogP contribution in [0.2, 0.25) is 5.02 Å². The Labute approximate surface area is 305 Å². The molecule has 3 aromatic rings. The zero-order chi connectivity index (χ0) is 36.9. The van der Waals surface area contributed by atoms with Crippen molar-refractivity contribution < 1.29 is 38.1 Å². The molecule has 0 unspecified atom stereocenters. The molecule has 2 fully saturated rings. The normalized spacial score (nSPS) is 18.6. The van der Waals surface area contributed by atoms with Gasteiger partial charge in [-0.2, -0.15) is 0 Å². The largest absolute Gasteiger partial charge is 0.491 e. The number of ether oxygens (including phenoxy) is 3. The van der Waals surface area contributed by atoms with Crippen LogP contribution in [0.4, 0.5) is 10.1 Å². The number of nitrogens with two attached hydrogens (primary N) is 1. The topological polar surface area (TPSA) is 165 Å². The summed E-state index contributed by atoms with van der Waals surface area (Å²) in [5.41, 5.74) is 7.83. The first-order chi connectivity index (χ1) is 24.2. The number of aliphatic hydroxyl groups excluding tert-OH is 1. The first-order valence-electron chi connectivity index (χ1n) is 16.8. The second kappa shape index (κ2) is 16.1. The number of anilines is 1. The smallest absolute Gasteiger partial charge is 0.258 e. The number of benzene rings is 2. The van der Waals surface area contributed by atoms with Crippen molar-refractivity contribution in [1.82, 2.24) is 20.5 Å². The Morgan fingerprint density at radius 1 is 1.12 bits per heavy atom. The van der Waals surface area contributed by atoms with Gasteiger partial charge in [-0.25, -0.2) is 9.37 Å². The Bertz CT molecular complexity index is 1730. The van der Waals surface area contributed by atoms with Gasteiger partial charge in [0.1, 0.15) is 36.8 Å². The number of thiazole rings is 1. The summed E-state index contributed by atoms with van der Waals surface area (Å²) in [4.78, 5) is 46.6. The molecule has 5 rings (SSSR count). The number of nitrogens with zero attached hydrogens (tertiary/aromatic N) is 2. The quantitative estimate of drug-likeness (QED) is 0.130. The van der Waals surface area contributed by atoms with Crippen LogP contribution in [0.15, 0.2) is 41.9 Å². The maximum Gasteiger partial charge on any atom is 0.258 e. The molecular weight excluding hydrogens is 701 g/mol. The van der Waals surface area contributed by atoms with Crippen molar-refractivity contribution in [2.24, 2.45) is 5.41 Å². The third-order valence-electron chi connectivity index (χ3n) is 8.80. The van der Waals surface area contributed by atoms with E-state index >= 15 is 0 Å². The third kappa shape index (κ3) is 9.67. The van der Waals surface area contributed by atoms with Crippen LogP contribution in [0.5, 0.6) is 11.5 Å². The van der Waals surface area contributed by atoms with Crippen molar-refractivity contribution in [3.05, 3.63) is 58.2 Å². The molecule has 276 valence electrons. The Morgan fingerprint density at radius 3 is 2.47 bits per heavy atom. The fourth-order valence-electron chi connectivity index (χ4n) is 5.73. The molecule has 0 radical (unpaired) electrons. The Morgan fingerprint density at radius 2 is 1.82 bits per heavy atom. The van der Waals surface area contributed by atoms with Gasteiger partial charge in [-0.15, -0.1) is 11.3 Å². The van der Waals surface area contributed by atoms with E-state index in [-0.39, 0.29) is 58.8 Å². The number of nitrogen functional groups attached to an aromatic ring is 1. The highest BCUT2D eigenvalue weighted by Crippen LogP contribution is 2.40. The highest BCUT2D eigenvalue weighted by molar-refractivity contribution is 7.13. The Hall–Kier alpha value is -3.98. The number of hydrogen-bond acceptors (Lipinski definition) is 10. The average Bonchev–Trinajstić information content (AvgIpc) is 3.49. The molecule has 51 heavy (non-hydrogen) atoms. The van der Waals surface area contributed by atoms with Gasteiger partial charge in [0.05, 0.1) is 40.4 Å². The van der Waals surface area contributed by atoms with E-state index in [9.17, 15) is 23.9 Å². The van der Waals surface area contributed by atoms with Gasteiger partial charge in [0.25, 0.3) is 5.91 Å². The minimum absolute atomic E-state index is 0.0211. The SMILES string of the molecule is Cc1ncsc1-c1ccc(CNC(=O)[C@@H]2C[C@@H](O)CN2C(=O)[C@@H](NC(=O)C2(F)CC2)C(C)(C)C)c(OCCOCCOc2cc(N)ccc2Cl)c1. The van der Waals surface area contributed by atoms with Gasteiger partial charge in [-0.1, -0.05) is 44.5 Å². The monoisotopic (exact) mass is 745 g/mol. The summed E-state index contributed by atoms with van der Waals surface area (Å²) in [6, 6.07) is 8.58. The van der Waals surface area contributed by atoms with Crippen LogP contribution in [0.1, 0.15) is 51.3 Å². The number of alkyl halides is 1. The lowest BCUT2D eigenvalue weighted by atomic mass is 9.85. The van der Waals surface area contributed by atoms with Crippen LogP contribution < -0.4 is 25.8 Å². The number of hydrogen-bond donors (Lipinski definition) is 4. The summed E-state index contributed by atoms with van der Waals surface area (Å²) in [5.74, 6) is -0.849. The first-order valence-corrected chi connectivity index (χ1v) is 18.1. The second-order valence-electron chi connectivity index (χ2n) is 13.9. The number of carbonyl (C=O) groups excluding carboxylic acids is 3. The highest BCUT2D eigenvalue weighted by atomic mass is 35.5. The lowest BCUT2D eigenvalue weighted by Gasteiger charge is -2.35. The van der Waals surface area contributed by atoms with Gasteiger partial charge < -0.3 is 40.6 Å². The summed E-state index contributed by atoms with van der Waals surface area (Å²) in [6.07, 6.45) is -0.702. The maximum absolute atomic E-state index is 14.5. The van der Waals surface area contributed by atoms with E-state index in [0.29, 0.717) is 27.8 Å². The molecule has 3 atom stereocenters. The molecule has 1 aliphatic heterocycles. The number of likely N-dealkylation sites (tertiary alicyclic amines) is 1. The van der Waals surface area contributed by atoms with E-state index in [1.54, 1.807) is 44.5 Å². The van der Waals surface area contributed by atoms with Crippen molar-refractivity contribution in [1.29, 1.82) is 0 Å². The molecule has 0 spiro atoms. The Kier molecular flexibility index (Phi) is 12.1. The van der Waals surface area contributed by atoms with Gasteiger partial charge >= 0.3 is 0 Å². The molecule has 5 N–H and O–H groups in total. The van der Waals surface area contributed by atoms with Gasteiger partial charge in [0.15, 0.2) is 5.67 Å². The summed E-state index contributed by atoms with van der Waals surface area (Å²) in [7, 11) is 0. The lowest BCUT2D eigenvalue weighted by molar-refractivity contribution is -0.145. The molecule has 2 aliphatic rings. The molecule has 2 heterocycles. The highest BCUT2D eigenvalue weighted by Gasteiger charge is 2.53. The van der Waals surface area contributed by atoms with Crippen molar-refractivity contribution in [2.75, 3.05) is 38.7 Å². The molecule has 1 saturated heterocycles. The van der Waals surface area contributed by atoms with Gasteiger partial charge in [-0.05, 0) is 48.9 Å². The molecular formula is C36H45ClFN5O7S. The van der Waals surface area contributed by atoms with Crippen LogP contribution in [0, 0.1) is 12.3 Å². The minimum atomic E-state index is -1.97. The zero-order valence-electron chi connectivity index (χ0n) is 29.2. The van der Waals surface area contributed by atoms with Crippen LogP contribution in [-0.4, -0.2) is 89.5 Å². The molecule has 1 aliphatic carbocycles. The predicted octanol–water partition coefficient (Wildman–Crippen LogP) is 4.44. The molecule has 2 aromatic carbocycles. The van der Waals surface area contributed by atoms with E-state index < -0.39 is 47.0 Å². The summed E-state index contributed by atoms with van der Waals surface area (Å²) in [6.45, 7) is 8.19. The van der Waals surface area contributed by atoms with Crippen molar-refractivity contribution in [2.45, 2.75) is 77.4 Å². The zero-order valence-corrected chi connectivity index (χ0v) is 30.7. The molecule has 3 amide bonds. The fraction of sp³-hybridized carbons (Fsp3) is 0.500. The number of aryl methyl sites for hydroxylation is 1. The number of aromatic nitrogens is 1. The van der Waals surface area contributed by atoms with E-state index in [1.807, 2.05) is 25.1 Å². The maximum atomic E-state index is 14.5. The van der Waals surface area contributed by atoms with Crippen molar-refractivity contribution in [3.63, 3.8) is 0 Å². The number of carbonyl (C=O) groups is 3. The van der Waals surface area contributed by atoms with E-state index in [0.717, 1.165) is 16.1 Å². The van der Waals surface area contributed by atoms with Gasteiger partial charge in [0, 0.05) is 36.8 Å². The average molecular weight is 746 g/mol. The Balaban J connectivity index is 1.21. The van der Waals surface area contributed by atoms with Gasteiger partial charge in [-0.3, -0.25) is 14.4 Å². The predicted molar refractivity (Wildman–Crippen MR) is 192 cm³/mol. The third-order valence-corrected chi connectivity index (χ3v) is 10.1. The second-order valence-corrected chi connectivity index (χ2v) is 15.2. The first kappa shape index (κ1) is 38.3. The van der Waals surface area contributed by atoms with Crippen LogP contribution in [0.25, 0.3) is 10.4 Å². The molecule has 1 saturated carbocycles. The van der Waals surface area contributed by atoms with Crippen LogP contribution >= 0.6 is 22.9 Å². The molecule has 15 heteroatoms. The fourth-order valence-corrected chi connectivity index (χ4v) is 6.70. The van der Waals surface area contributed by atoms with Crippen LogP contribution in [0.3, 0.4) is 0 Å². The number of aliphatic hydroxyl groups is 1. The molecule has 12 nitrogen and oxygen atoms in total. The van der Waals surface area contributed by atoms with Crippen molar-refractivity contribution in [3.8, 4) is 21.9 Å². The van der Waals surface area contributed by atoms with E-state index in [4.69, 9.17) is 31.5 Å². The number of rotatable bonds is 15.